The highest BCUT2D eigenvalue weighted by molar-refractivity contribution is 6.32. The summed E-state index contributed by atoms with van der Waals surface area (Å²) in [7, 11) is 0. The van der Waals surface area contributed by atoms with Crippen molar-refractivity contribution < 1.29 is 4.79 Å². The predicted molar refractivity (Wildman–Crippen MR) is 84.9 cm³/mol. The van der Waals surface area contributed by atoms with Crippen molar-refractivity contribution in [3.05, 3.63) is 64.4 Å². The van der Waals surface area contributed by atoms with E-state index in [9.17, 15) is 4.79 Å². The normalized spacial score (nSPS) is 15.9. The first-order valence-electron chi connectivity index (χ1n) is 7.51. The van der Waals surface area contributed by atoms with E-state index in [0.29, 0.717) is 22.2 Å². The molecule has 1 aliphatic carbocycles. The molecule has 1 saturated carbocycles. The summed E-state index contributed by atoms with van der Waals surface area (Å²) < 4.78 is 0. The van der Waals surface area contributed by atoms with Crippen molar-refractivity contribution in [1.82, 2.24) is 4.98 Å². The van der Waals surface area contributed by atoms with Crippen molar-refractivity contribution in [2.45, 2.75) is 38.0 Å². The van der Waals surface area contributed by atoms with Crippen LogP contribution in [0.4, 0.5) is 0 Å². The Morgan fingerprint density at radius 3 is 2.57 bits per heavy atom. The van der Waals surface area contributed by atoms with Crippen LogP contribution in [-0.2, 0) is 0 Å². The molecule has 0 aliphatic heterocycles. The first kappa shape index (κ1) is 14.3. The Balaban J connectivity index is 1.85. The molecule has 0 atom stereocenters. The van der Waals surface area contributed by atoms with Gasteiger partial charge >= 0.3 is 0 Å². The lowest BCUT2D eigenvalue weighted by Gasteiger charge is -2.23. The summed E-state index contributed by atoms with van der Waals surface area (Å²) in [5, 5.41) is 0.712. The smallest absolute Gasteiger partial charge is 0.211 e. The molecule has 1 fully saturated rings. The van der Waals surface area contributed by atoms with Gasteiger partial charge in [0.2, 0.25) is 5.78 Å². The number of aromatic nitrogens is 1. The van der Waals surface area contributed by atoms with E-state index in [4.69, 9.17) is 11.6 Å². The van der Waals surface area contributed by atoms with Crippen LogP contribution in [0, 0.1) is 0 Å². The summed E-state index contributed by atoms with van der Waals surface area (Å²) in [5.41, 5.74) is 2.26. The number of carbonyl (C=O) groups excluding carboxylic acids is 1. The molecule has 21 heavy (non-hydrogen) atoms. The van der Waals surface area contributed by atoms with Crippen LogP contribution in [0.2, 0.25) is 5.02 Å². The minimum absolute atomic E-state index is 0.0762. The molecule has 0 amide bonds. The van der Waals surface area contributed by atoms with E-state index in [-0.39, 0.29) is 5.78 Å². The van der Waals surface area contributed by atoms with Crippen LogP contribution in [-0.4, -0.2) is 10.8 Å². The van der Waals surface area contributed by atoms with Gasteiger partial charge in [-0.05, 0) is 42.5 Å². The zero-order valence-corrected chi connectivity index (χ0v) is 12.6. The van der Waals surface area contributed by atoms with E-state index in [1.54, 1.807) is 24.4 Å². The first-order valence-corrected chi connectivity index (χ1v) is 7.88. The third-order valence-corrected chi connectivity index (χ3v) is 4.53. The number of ketones is 1. The van der Waals surface area contributed by atoms with Gasteiger partial charge in [-0.3, -0.25) is 9.78 Å². The lowest BCUT2D eigenvalue weighted by Crippen LogP contribution is -2.07. The van der Waals surface area contributed by atoms with Crippen LogP contribution >= 0.6 is 11.6 Å². The number of halogens is 1. The Labute approximate surface area is 130 Å². The van der Waals surface area contributed by atoms with Gasteiger partial charge in [0.1, 0.15) is 5.69 Å². The molecule has 3 heteroatoms. The van der Waals surface area contributed by atoms with E-state index >= 15 is 0 Å². The van der Waals surface area contributed by atoms with Crippen LogP contribution in [0.3, 0.4) is 0 Å². The zero-order valence-electron chi connectivity index (χ0n) is 11.9. The average Bonchev–Trinajstić information content (AvgIpc) is 2.55. The van der Waals surface area contributed by atoms with E-state index < -0.39 is 0 Å². The van der Waals surface area contributed by atoms with Gasteiger partial charge < -0.3 is 0 Å². The van der Waals surface area contributed by atoms with Crippen molar-refractivity contribution in [2.24, 2.45) is 0 Å². The lowest BCUT2D eigenvalue weighted by molar-refractivity contribution is 0.103. The summed E-state index contributed by atoms with van der Waals surface area (Å²) in [6.45, 7) is 0. The van der Waals surface area contributed by atoms with E-state index in [1.165, 1.54) is 37.7 Å². The molecule has 108 valence electrons. The Morgan fingerprint density at radius 1 is 1.10 bits per heavy atom. The average molecular weight is 300 g/mol. The fraction of sp³-hybridized carbons (Fsp3) is 0.333. The molecule has 1 aliphatic rings. The van der Waals surface area contributed by atoms with Gasteiger partial charge in [0, 0.05) is 16.8 Å². The van der Waals surface area contributed by atoms with Crippen LogP contribution in [0.5, 0.6) is 0 Å². The summed E-state index contributed by atoms with van der Waals surface area (Å²) in [6, 6.07) is 11.0. The number of rotatable bonds is 3. The molecule has 0 saturated heterocycles. The second kappa shape index (κ2) is 6.40. The molecule has 0 radical (unpaired) electrons. The minimum Gasteiger partial charge on any atom is -0.287 e. The number of nitrogens with zero attached hydrogens (tertiary/aromatic N) is 1. The van der Waals surface area contributed by atoms with Crippen molar-refractivity contribution in [3.8, 4) is 0 Å². The summed E-state index contributed by atoms with van der Waals surface area (Å²) in [6.07, 6.45) is 7.90. The van der Waals surface area contributed by atoms with Crippen molar-refractivity contribution in [1.29, 1.82) is 0 Å². The van der Waals surface area contributed by atoms with E-state index in [0.717, 1.165) is 0 Å². The maximum atomic E-state index is 12.4. The molecule has 0 bridgehead atoms. The summed E-state index contributed by atoms with van der Waals surface area (Å²) >= 11 is 6.42. The molecular formula is C18H18ClNO. The Bertz CT molecular complexity index is 633. The van der Waals surface area contributed by atoms with Crippen molar-refractivity contribution in [2.75, 3.05) is 0 Å². The Morgan fingerprint density at radius 2 is 1.90 bits per heavy atom. The quantitative estimate of drug-likeness (QED) is 0.745. The highest BCUT2D eigenvalue weighted by Crippen LogP contribution is 2.36. The van der Waals surface area contributed by atoms with Crippen LogP contribution in [0.15, 0.2) is 42.6 Å². The van der Waals surface area contributed by atoms with Gasteiger partial charge in [0.15, 0.2) is 0 Å². The van der Waals surface area contributed by atoms with Crippen LogP contribution in [0.25, 0.3) is 0 Å². The zero-order chi connectivity index (χ0) is 14.7. The van der Waals surface area contributed by atoms with Gasteiger partial charge in [0.25, 0.3) is 0 Å². The van der Waals surface area contributed by atoms with Crippen molar-refractivity contribution >= 4 is 17.4 Å². The van der Waals surface area contributed by atoms with Crippen LogP contribution < -0.4 is 0 Å². The van der Waals surface area contributed by atoms with Gasteiger partial charge in [-0.2, -0.15) is 0 Å². The number of hydrogen-bond acceptors (Lipinski definition) is 2. The molecule has 0 unspecified atom stereocenters. The third kappa shape index (κ3) is 3.16. The molecule has 0 spiro atoms. The molecule has 1 aromatic heterocycles. The fourth-order valence-electron chi connectivity index (χ4n) is 3.06. The molecule has 1 heterocycles. The third-order valence-electron chi connectivity index (χ3n) is 4.21. The SMILES string of the molecule is O=C(c1ccc(C2CCCCC2)c(Cl)c1)c1ccccn1. The van der Waals surface area contributed by atoms with E-state index in [2.05, 4.69) is 4.98 Å². The Hall–Kier alpha value is -1.67. The monoisotopic (exact) mass is 299 g/mol. The molecular weight excluding hydrogens is 282 g/mol. The maximum Gasteiger partial charge on any atom is 0.211 e. The topological polar surface area (TPSA) is 30.0 Å². The molecule has 3 rings (SSSR count). The number of benzene rings is 1. The summed E-state index contributed by atoms with van der Waals surface area (Å²) in [4.78, 5) is 16.5. The predicted octanol–water partition coefficient (Wildman–Crippen LogP) is 5.01. The number of pyridine rings is 1. The van der Waals surface area contributed by atoms with Gasteiger partial charge in [-0.15, -0.1) is 0 Å². The lowest BCUT2D eigenvalue weighted by atomic mass is 9.83. The van der Waals surface area contributed by atoms with Gasteiger partial charge in [-0.25, -0.2) is 0 Å². The standard InChI is InChI=1S/C18H18ClNO/c19-16-12-14(18(21)17-8-4-5-11-20-17)9-10-15(16)13-6-2-1-3-7-13/h4-5,8-13H,1-3,6-7H2. The second-order valence-electron chi connectivity index (χ2n) is 5.62. The number of carbonyl (C=O) groups is 1. The summed E-state index contributed by atoms with van der Waals surface area (Å²) in [5.74, 6) is 0.470. The molecule has 2 aromatic rings. The highest BCUT2D eigenvalue weighted by Gasteiger charge is 2.19. The van der Waals surface area contributed by atoms with Crippen molar-refractivity contribution in [3.63, 3.8) is 0 Å². The van der Waals surface area contributed by atoms with Crippen LogP contribution in [0.1, 0.15) is 59.6 Å². The molecule has 2 nitrogen and oxygen atoms in total. The van der Waals surface area contributed by atoms with Gasteiger partial charge in [0.05, 0.1) is 0 Å². The number of hydrogen-bond donors (Lipinski definition) is 0. The highest BCUT2D eigenvalue weighted by atomic mass is 35.5. The van der Waals surface area contributed by atoms with Gasteiger partial charge in [-0.1, -0.05) is 49.1 Å². The Kier molecular flexibility index (Phi) is 4.35. The second-order valence-corrected chi connectivity index (χ2v) is 6.02. The first-order chi connectivity index (χ1) is 10.3. The maximum absolute atomic E-state index is 12.4. The minimum atomic E-state index is -0.0762. The molecule has 1 aromatic carbocycles. The largest absolute Gasteiger partial charge is 0.287 e. The van der Waals surface area contributed by atoms with E-state index in [1.807, 2.05) is 18.2 Å². The molecule has 0 N–H and O–H groups in total. The fourth-order valence-corrected chi connectivity index (χ4v) is 3.39.